The summed E-state index contributed by atoms with van der Waals surface area (Å²) in [7, 11) is -3.40. The Hall–Kier alpha value is -0.910. The number of hydrogen-bond donors (Lipinski definition) is 2. The van der Waals surface area contributed by atoms with Crippen molar-refractivity contribution in [2.45, 2.75) is 37.6 Å². The molecule has 1 saturated heterocycles. The monoisotopic (exact) mass is 268 g/mol. The third-order valence-corrected chi connectivity index (χ3v) is 4.92. The van der Waals surface area contributed by atoms with Crippen LogP contribution in [0.1, 0.15) is 24.0 Å². The molecule has 0 aliphatic carbocycles. The topological polar surface area (TPSA) is 58.2 Å². The van der Waals surface area contributed by atoms with E-state index < -0.39 is 10.0 Å². The molecule has 1 atom stereocenters. The van der Waals surface area contributed by atoms with Gasteiger partial charge in [-0.15, -0.1) is 0 Å². The molecule has 0 amide bonds. The van der Waals surface area contributed by atoms with E-state index in [4.69, 9.17) is 0 Å². The molecular weight excluding hydrogens is 248 g/mol. The summed E-state index contributed by atoms with van der Waals surface area (Å²) in [6, 6.07) is 5.42. The van der Waals surface area contributed by atoms with Crippen LogP contribution in [-0.2, 0) is 10.0 Å². The van der Waals surface area contributed by atoms with E-state index in [-0.39, 0.29) is 6.04 Å². The SMILES string of the molecule is Cc1ccc(S(=O)(=O)N[C@@H]2CCCNC2)c(C)c1. The van der Waals surface area contributed by atoms with Gasteiger partial charge in [-0.25, -0.2) is 13.1 Å². The van der Waals surface area contributed by atoms with Gasteiger partial charge in [0, 0.05) is 12.6 Å². The average Bonchev–Trinajstić information content (AvgIpc) is 2.29. The van der Waals surface area contributed by atoms with Crippen molar-refractivity contribution in [1.29, 1.82) is 0 Å². The highest BCUT2D eigenvalue weighted by atomic mass is 32.2. The van der Waals surface area contributed by atoms with Gasteiger partial charge in [0.25, 0.3) is 0 Å². The zero-order valence-electron chi connectivity index (χ0n) is 10.9. The Morgan fingerprint density at radius 3 is 2.72 bits per heavy atom. The Labute approximate surface area is 109 Å². The van der Waals surface area contributed by atoms with Crippen LogP contribution in [0.3, 0.4) is 0 Å². The fraction of sp³-hybridized carbons (Fsp3) is 0.538. The lowest BCUT2D eigenvalue weighted by molar-refractivity contribution is 0.428. The summed E-state index contributed by atoms with van der Waals surface area (Å²) in [4.78, 5) is 0.388. The summed E-state index contributed by atoms with van der Waals surface area (Å²) in [5.74, 6) is 0. The van der Waals surface area contributed by atoms with Crippen molar-refractivity contribution in [3.63, 3.8) is 0 Å². The van der Waals surface area contributed by atoms with Gasteiger partial charge in [0.2, 0.25) is 10.0 Å². The van der Waals surface area contributed by atoms with E-state index in [9.17, 15) is 8.42 Å². The largest absolute Gasteiger partial charge is 0.315 e. The second-order valence-electron chi connectivity index (χ2n) is 4.93. The summed E-state index contributed by atoms with van der Waals surface area (Å²) in [6.07, 6.45) is 1.91. The number of rotatable bonds is 3. The van der Waals surface area contributed by atoms with E-state index in [1.807, 2.05) is 26.0 Å². The Morgan fingerprint density at radius 2 is 2.11 bits per heavy atom. The molecular formula is C13H20N2O2S. The van der Waals surface area contributed by atoms with E-state index in [0.717, 1.165) is 30.5 Å². The van der Waals surface area contributed by atoms with Crippen molar-refractivity contribution in [1.82, 2.24) is 10.0 Å². The first-order valence-electron chi connectivity index (χ1n) is 6.29. The first-order chi connectivity index (χ1) is 8.49. The maximum absolute atomic E-state index is 12.3. The number of nitrogens with one attached hydrogen (secondary N) is 2. The van der Waals surface area contributed by atoms with E-state index >= 15 is 0 Å². The lowest BCUT2D eigenvalue weighted by Crippen LogP contribution is -2.45. The molecule has 100 valence electrons. The molecule has 1 aromatic rings. The molecule has 1 fully saturated rings. The maximum atomic E-state index is 12.3. The summed E-state index contributed by atoms with van der Waals surface area (Å²) in [5, 5.41) is 3.21. The Morgan fingerprint density at radius 1 is 1.33 bits per heavy atom. The van der Waals surface area contributed by atoms with Gasteiger partial charge in [-0.1, -0.05) is 17.7 Å². The highest BCUT2D eigenvalue weighted by molar-refractivity contribution is 7.89. The average molecular weight is 268 g/mol. The number of piperidine rings is 1. The second-order valence-corrected chi connectivity index (χ2v) is 6.62. The van der Waals surface area contributed by atoms with Crippen LogP contribution >= 0.6 is 0 Å². The molecule has 0 unspecified atom stereocenters. The summed E-state index contributed by atoms with van der Waals surface area (Å²) in [6.45, 7) is 5.48. The molecule has 0 aromatic heterocycles. The van der Waals surface area contributed by atoms with Crippen LogP contribution in [-0.4, -0.2) is 27.5 Å². The maximum Gasteiger partial charge on any atom is 0.241 e. The van der Waals surface area contributed by atoms with Crippen molar-refractivity contribution in [3.05, 3.63) is 29.3 Å². The zero-order valence-corrected chi connectivity index (χ0v) is 11.7. The molecule has 1 aliphatic heterocycles. The van der Waals surface area contributed by atoms with Gasteiger partial charge < -0.3 is 5.32 Å². The number of hydrogen-bond acceptors (Lipinski definition) is 3. The summed E-state index contributed by atoms with van der Waals surface area (Å²) >= 11 is 0. The number of aryl methyl sites for hydroxylation is 2. The van der Waals surface area contributed by atoms with E-state index in [0.29, 0.717) is 11.4 Å². The quantitative estimate of drug-likeness (QED) is 0.869. The van der Waals surface area contributed by atoms with Crippen LogP contribution in [0.15, 0.2) is 23.1 Å². The van der Waals surface area contributed by atoms with Gasteiger partial charge >= 0.3 is 0 Å². The number of benzene rings is 1. The molecule has 5 heteroatoms. The first-order valence-corrected chi connectivity index (χ1v) is 7.78. The molecule has 2 rings (SSSR count). The van der Waals surface area contributed by atoms with Gasteiger partial charge in [0.1, 0.15) is 0 Å². The molecule has 1 aliphatic rings. The smallest absolute Gasteiger partial charge is 0.241 e. The third kappa shape index (κ3) is 3.10. The van der Waals surface area contributed by atoms with Gasteiger partial charge in [0.05, 0.1) is 4.90 Å². The predicted molar refractivity (Wildman–Crippen MR) is 72.1 cm³/mol. The fourth-order valence-corrected chi connectivity index (χ4v) is 3.83. The van der Waals surface area contributed by atoms with Crippen LogP contribution in [0, 0.1) is 13.8 Å². The normalized spacial score (nSPS) is 20.9. The van der Waals surface area contributed by atoms with Gasteiger partial charge in [0.15, 0.2) is 0 Å². The van der Waals surface area contributed by atoms with Gasteiger partial charge in [-0.2, -0.15) is 0 Å². The van der Waals surface area contributed by atoms with E-state index in [2.05, 4.69) is 10.0 Å². The van der Waals surface area contributed by atoms with Crippen LogP contribution in [0.2, 0.25) is 0 Å². The molecule has 1 heterocycles. The lowest BCUT2D eigenvalue weighted by atomic mass is 10.1. The fourth-order valence-electron chi connectivity index (χ4n) is 2.34. The minimum atomic E-state index is -3.40. The molecule has 0 saturated carbocycles. The summed E-state index contributed by atoms with van der Waals surface area (Å²) in [5.41, 5.74) is 1.87. The van der Waals surface area contributed by atoms with Crippen LogP contribution in [0.25, 0.3) is 0 Å². The van der Waals surface area contributed by atoms with Gasteiger partial charge in [-0.3, -0.25) is 0 Å². The van der Waals surface area contributed by atoms with Crippen molar-refractivity contribution in [2.75, 3.05) is 13.1 Å². The van der Waals surface area contributed by atoms with E-state index in [1.165, 1.54) is 0 Å². The molecule has 0 spiro atoms. The zero-order chi connectivity index (χ0) is 13.2. The molecule has 0 radical (unpaired) electrons. The van der Waals surface area contributed by atoms with Crippen molar-refractivity contribution >= 4 is 10.0 Å². The highest BCUT2D eigenvalue weighted by Crippen LogP contribution is 2.17. The summed E-state index contributed by atoms with van der Waals surface area (Å²) < 4.78 is 27.4. The molecule has 0 bridgehead atoms. The molecule has 2 N–H and O–H groups in total. The lowest BCUT2D eigenvalue weighted by Gasteiger charge is -2.24. The molecule has 18 heavy (non-hydrogen) atoms. The minimum Gasteiger partial charge on any atom is -0.315 e. The third-order valence-electron chi connectivity index (χ3n) is 3.24. The number of sulfonamides is 1. The first kappa shape index (κ1) is 13.5. The predicted octanol–water partition coefficient (Wildman–Crippen LogP) is 1.33. The Kier molecular flexibility index (Phi) is 4.04. The molecule has 1 aromatic carbocycles. The molecule has 4 nitrogen and oxygen atoms in total. The van der Waals surface area contributed by atoms with Gasteiger partial charge in [-0.05, 0) is 44.9 Å². The van der Waals surface area contributed by atoms with Crippen LogP contribution in [0.4, 0.5) is 0 Å². The van der Waals surface area contributed by atoms with E-state index in [1.54, 1.807) is 6.07 Å². The van der Waals surface area contributed by atoms with Crippen molar-refractivity contribution in [2.24, 2.45) is 0 Å². The van der Waals surface area contributed by atoms with Crippen LogP contribution in [0.5, 0.6) is 0 Å². The second kappa shape index (κ2) is 5.38. The minimum absolute atomic E-state index is 0.00412. The van der Waals surface area contributed by atoms with Crippen molar-refractivity contribution < 1.29 is 8.42 Å². The Bertz CT molecular complexity index is 520. The highest BCUT2D eigenvalue weighted by Gasteiger charge is 2.22. The standard InChI is InChI=1S/C13H20N2O2S/c1-10-5-6-13(11(2)8-10)18(16,17)15-12-4-3-7-14-9-12/h5-6,8,12,14-15H,3-4,7,9H2,1-2H3/t12-/m1/s1. The van der Waals surface area contributed by atoms with Crippen molar-refractivity contribution in [3.8, 4) is 0 Å². The van der Waals surface area contributed by atoms with Crippen LogP contribution < -0.4 is 10.0 Å². The Balaban J connectivity index is 2.19.